The molecule has 0 heterocycles. The summed E-state index contributed by atoms with van der Waals surface area (Å²) in [5, 5.41) is 11.6. The standard InChI is InChI=1S/C15H22N2O5S/c1-10(2)8-13(15(19)20)17-23(21,22)9-11-4-6-12(7-5-11)14(18)16-3/h4-7,10,13,17H,8-9H2,1-3H3,(H,16,18)(H,19,20). The van der Waals surface area contributed by atoms with E-state index in [1.165, 1.54) is 31.3 Å². The zero-order chi connectivity index (χ0) is 17.6. The number of rotatable bonds is 8. The lowest BCUT2D eigenvalue weighted by Gasteiger charge is -2.16. The van der Waals surface area contributed by atoms with E-state index >= 15 is 0 Å². The molecule has 0 aromatic heterocycles. The van der Waals surface area contributed by atoms with Gasteiger partial charge in [-0.15, -0.1) is 0 Å². The van der Waals surface area contributed by atoms with Crippen LogP contribution in [-0.2, 0) is 20.6 Å². The highest BCUT2D eigenvalue weighted by Gasteiger charge is 2.25. The second-order valence-electron chi connectivity index (χ2n) is 5.67. The van der Waals surface area contributed by atoms with Crippen molar-refractivity contribution in [2.24, 2.45) is 5.92 Å². The van der Waals surface area contributed by atoms with Crippen molar-refractivity contribution in [3.8, 4) is 0 Å². The smallest absolute Gasteiger partial charge is 0.321 e. The van der Waals surface area contributed by atoms with Gasteiger partial charge in [0.15, 0.2) is 0 Å². The van der Waals surface area contributed by atoms with Crippen LogP contribution in [0.25, 0.3) is 0 Å². The highest BCUT2D eigenvalue weighted by Crippen LogP contribution is 2.11. The third kappa shape index (κ3) is 6.37. The van der Waals surface area contributed by atoms with Gasteiger partial charge in [-0.05, 0) is 30.0 Å². The molecule has 0 aliphatic rings. The predicted molar refractivity (Wildman–Crippen MR) is 86.5 cm³/mol. The average Bonchev–Trinajstić information content (AvgIpc) is 2.45. The van der Waals surface area contributed by atoms with Crippen molar-refractivity contribution in [1.29, 1.82) is 0 Å². The molecule has 3 N–H and O–H groups in total. The summed E-state index contributed by atoms with van der Waals surface area (Å²) in [6, 6.07) is 4.95. The first-order chi connectivity index (χ1) is 10.6. The Morgan fingerprint density at radius 1 is 1.17 bits per heavy atom. The normalized spacial score (nSPS) is 12.9. The van der Waals surface area contributed by atoms with Gasteiger partial charge in [0.25, 0.3) is 5.91 Å². The Bertz CT molecular complexity index is 653. The van der Waals surface area contributed by atoms with E-state index in [9.17, 15) is 18.0 Å². The van der Waals surface area contributed by atoms with Crippen LogP contribution in [0.3, 0.4) is 0 Å². The summed E-state index contributed by atoms with van der Waals surface area (Å²) >= 11 is 0. The molecule has 23 heavy (non-hydrogen) atoms. The summed E-state index contributed by atoms with van der Waals surface area (Å²) in [6.45, 7) is 3.64. The quantitative estimate of drug-likeness (QED) is 0.651. The first kappa shape index (κ1) is 19.1. The molecule has 1 unspecified atom stereocenters. The van der Waals surface area contributed by atoms with Crippen molar-refractivity contribution in [1.82, 2.24) is 10.0 Å². The van der Waals surface area contributed by atoms with Crippen LogP contribution in [0.1, 0.15) is 36.2 Å². The Kier molecular flexibility index (Phi) is 6.71. The molecular formula is C15H22N2O5S. The molecule has 0 saturated heterocycles. The van der Waals surface area contributed by atoms with E-state index in [2.05, 4.69) is 10.0 Å². The van der Waals surface area contributed by atoms with Crippen molar-refractivity contribution in [3.05, 3.63) is 35.4 Å². The van der Waals surface area contributed by atoms with E-state index in [1.54, 1.807) is 0 Å². The molecule has 1 amide bonds. The fourth-order valence-corrected chi connectivity index (χ4v) is 3.39. The molecule has 0 aliphatic heterocycles. The number of carbonyl (C=O) groups excluding carboxylic acids is 1. The largest absolute Gasteiger partial charge is 0.480 e. The average molecular weight is 342 g/mol. The molecule has 0 radical (unpaired) electrons. The molecule has 0 fully saturated rings. The SMILES string of the molecule is CNC(=O)c1ccc(CS(=O)(=O)NC(CC(C)C)C(=O)O)cc1. The number of benzene rings is 1. The zero-order valence-corrected chi connectivity index (χ0v) is 14.2. The monoisotopic (exact) mass is 342 g/mol. The Balaban J connectivity index is 2.81. The first-order valence-corrected chi connectivity index (χ1v) is 8.83. The van der Waals surface area contributed by atoms with Gasteiger partial charge in [0.1, 0.15) is 6.04 Å². The minimum absolute atomic E-state index is 0.0469. The van der Waals surface area contributed by atoms with Gasteiger partial charge in [-0.25, -0.2) is 13.1 Å². The van der Waals surface area contributed by atoms with Gasteiger partial charge in [-0.2, -0.15) is 0 Å². The van der Waals surface area contributed by atoms with Crippen molar-refractivity contribution in [2.45, 2.75) is 32.1 Å². The van der Waals surface area contributed by atoms with E-state index in [1.807, 2.05) is 13.8 Å². The fraction of sp³-hybridized carbons (Fsp3) is 0.467. The third-order valence-electron chi connectivity index (χ3n) is 3.13. The Labute approximate surface area is 136 Å². The van der Waals surface area contributed by atoms with Gasteiger partial charge >= 0.3 is 5.97 Å². The van der Waals surface area contributed by atoms with Gasteiger partial charge < -0.3 is 10.4 Å². The Morgan fingerprint density at radius 3 is 2.17 bits per heavy atom. The van der Waals surface area contributed by atoms with Gasteiger partial charge in [-0.1, -0.05) is 26.0 Å². The van der Waals surface area contributed by atoms with Gasteiger partial charge in [0, 0.05) is 12.6 Å². The summed E-state index contributed by atoms with van der Waals surface area (Å²) in [5.74, 6) is -1.76. The van der Waals surface area contributed by atoms with Crippen LogP contribution in [0.15, 0.2) is 24.3 Å². The van der Waals surface area contributed by atoms with Crippen LogP contribution in [0.5, 0.6) is 0 Å². The van der Waals surface area contributed by atoms with Gasteiger partial charge in [0.2, 0.25) is 10.0 Å². The zero-order valence-electron chi connectivity index (χ0n) is 13.4. The summed E-state index contributed by atoms with van der Waals surface area (Å²) in [6.07, 6.45) is 0.212. The van der Waals surface area contributed by atoms with E-state index in [-0.39, 0.29) is 24.0 Å². The van der Waals surface area contributed by atoms with Crippen LogP contribution < -0.4 is 10.0 Å². The maximum Gasteiger partial charge on any atom is 0.321 e. The minimum Gasteiger partial charge on any atom is -0.480 e. The summed E-state index contributed by atoms with van der Waals surface area (Å²) in [7, 11) is -2.29. The van der Waals surface area contributed by atoms with Gasteiger partial charge in [-0.3, -0.25) is 9.59 Å². The lowest BCUT2D eigenvalue weighted by atomic mass is 10.1. The summed E-state index contributed by atoms with van der Waals surface area (Å²) in [5.41, 5.74) is 0.892. The van der Waals surface area contributed by atoms with Crippen LogP contribution >= 0.6 is 0 Å². The number of carboxylic acid groups (broad SMARTS) is 1. The number of amides is 1. The van der Waals surface area contributed by atoms with Crippen molar-refractivity contribution >= 4 is 21.9 Å². The number of nitrogens with one attached hydrogen (secondary N) is 2. The Hall–Kier alpha value is -1.93. The van der Waals surface area contributed by atoms with Crippen LogP contribution in [0.4, 0.5) is 0 Å². The molecule has 7 nitrogen and oxygen atoms in total. The van der Waals surface area contributed by atoms with Crippen molar-refractivity contribution < 1.29 is 23.1 Å². The number of hydrogen-bond acceptors (Lipinski definition) is 4. The Morgan fingerprint density at radius 2 is 1.74 bits per heavy atom. The summed E-state index contributed by atoms with van der Waals surface area (Å²) in [4.78, 5) is 22.6. The first-order valence-electron chi connectivity index (χ1n) is 7.18. The fourth-order valence-electron chi connectivity index (χ4n) is 2.05. The number of carbonyl (C=O) groups is 2. The van der Waals surface area contributed by atoms with Gasteiger partial charge in [0.05, 0.1) is 5.75 Å². The second-order valence-corrected chi connectivity index (χ2v) is 7.43. The maximum atomic E-state index is 12.1. The molecule has 0 aliphatic carbocycles. The molecule has 0 saturated carbocycles. The third-order valence-corrected chi connectivity index (χ3v) is 4.48. The second kappa shape index (κ2) is 8.07. The van der Waals surface area contributed by atoms with Crippen molar-refractivity contribution in [3.63, 3.8) is 0 Å². The van der Waals surface area contributed by atoms with Crippen LogP contribution in [0, 0.1) is 5.92 Å². The predicted octanol–water partition coefficient (Wildman–Crippen LogP) is 0.965. The lowest BCUT2D eigenvalue weighted by molar-refractivity contribution is -0.139. The molecule has 8 heteroatoms. The highest BCUT2D eigenvalue weighted by atomic mass is 32.2. The molecular weight excluding hydrogens is 320 g/mol. The van der Waals surface area contributed by atoms with Crippen LogP contribution in [-0.4, -0.2) is 38.5 Å². The molecule has 1 aromatic rings. The van der Waals surface area contributed by atoms with E-state index in [0.717, 1.165) is 0 Å². The minimum atomic E-state index is -3.79. The van der Waals surface area contributed by atoms with E-state index < -0.39 is 22.0 Å². The molecule has 1 atom stereocenters. The highest BCUT2D eigenvalue weighted by molar-refractivity contribution is 7.88. The molecule has 1 aromatic carbocycles. The molecule has 1 rings (SSSR count). The molecule has 0 spiro atoms. The van der Waals surface area contributed by atoms with E-state index in [4.69, 9.17) is 5.11 Å². The number of carboxylic acids is 1. The maximum absolute atomic E-state index is 12.1. The van der Waals surface area contributed by atoms with Crippen molar-refractivity contribution in [2.75, 3.05) is 7.05 Å². The number of aliphatic carboxylic acids is 1. The topological polar surface area (TPSA) is 113 Å². The number of hydrogen-bond donors (Lipinski definition) is 3. The number of sulfonamides is 1. The summed E-state index contributed by atoms with van der Waals surface area (Å²) < 4.78 is 26.4. The molecule has 0 bridgehead atoms. The van der Waals surface area contributed by atoms with E-state index in [0.29, 0.717) is 11.1 Å². The molecule has 128 valence electrons. The van der Waals surface area contributed by atoms with Crippen LogP contribution in [0.2, 0.25) is 0 Å². The lowest BCUT2D eigenvalue weighted by Crippen LogP contribution is -2.42.